The van der Waals surface area contributed by atoms with Crippen molar-refractivity contribution in [2.24, 2.45) is 5.92 Å². The number of carbonyl (C=O) groups excluding carboxylic acids is 2. The van der Waals surface area contributed by atoms with Crippen molar-refractivity contribution in [1.82, 2.24) is 4.90 Å². The maximum atomic E-state index is 12.8. The van der Waals surface area contributed by atoms with E-state index in [0.717, 1.165) is 29.7 Å². The normalized spacial score (nSPS) is 16.8. The van der Waals surface area contributed by atoms with E-state index in [1.807, 2.05) is 54.6 Å². The van der Waals surface area contributed by atoms with E-state index >= 15 is 0 Å². The first-order chi connectivity index (χ1) is 12.7. The second-order valence-corrected chi connectivity index (χ2v) is 6.38. The number of benzene rings is 2. The lowest BCUT2D eigenvalue weighted by Crippen LogP contribution is -2.44. The van der Waals surface area contributed by atoms with E-state index in [1.165, 1.54) is 0 Å². The molecular weight excluding hydrogens is 328 g/mol. The first-order valence-corrected chi connectivity index (χ1v) is 9.06. The number of nitrogens with zero attached hydrogens (tertiary/aromatic N) is 1. The summed E-state index contributed by atoms with van der Waals surface area (Å²) in [7, 11) is 0. The van der Waals surface area contributed by atoms with Crippen LogP contribution < -0.4 is 5.32 Å². The number of hydrogen-bond acceptors (Lipinski definition) is 3. The van der Waals surface area contributed by atoms with Crippen LogP contribution in [-0.2, 0) is 9.53 Å². The number of para-hydroxylation sites is 1. The van der Waals surface area contributed by atoms with Gasteiger partial charge in [0.2, 0.25) is 5.91 Å². The molecule has 1 aliphatic heterocycles. The molecule has 0 bridgehead atoms. The molecule has 1 fully saturated rings. The van der Waals surface area contributed by atoms with Crippen molar-refractivity contribution in [2.45, 2.75) is 19.8 Å². The zero-order valence-electron chi connectivity index (χ0n) is 15.0. The summed E-state index contributed by atoms with van der Waals surface area (Å²) in [5, 5.41) is 3.05. The number of carbonyl (C=O) groups is 2. The zero-order valence-corrected chi connectivity index (χ0v) is 15.0. The van der Waals surface area contributed by atoms with Crippen molar-refractivity contribution in [3.8, 4) is 11.1 Å². The average Bonchev–Trinajstić information content (AvgIpc) is 2.69. The van der Waals surface area contributed by atoms with E-state index in [-0.39, 0.29) is 17.9 Å². The monoisotopic (exact) mass is 352 g/mol. The van der Waals surface area contributed by atoms with Crippen LogP contribution >= 0.6 is 0 Å². The minimum Gasteiger partial charge on any atom is -0.450 e. The fourth-order valence-electron chi connectivity index (χ4n) is 3.27. The van der Waals surface area contributed by atoms with Gasteiger partial charge in [-0.2, -0.15) is 0 Å². The van der Waals surface area contributed by atoms with E-state index in [2.05, 4.69) is 5.32 Å². The van der Waals surface area contributed by atoms with Gasteiger partial charge in [0.1, 0.15) is 0 Å². The van der Waals surface area contributed by atoms with Gasteiger partial charge in [0.15, 0.2) is 0 Å². The van der Waals surface area contributed by atoms with Gasteiger partial charge in [-0.3, -0.25) is 4.79 Å². The second-order valence-electron chi connectivity index (χ2n) is 6.38. The minimum absolute atomic E-state index is 0.0534. The summed E-state index contributed by atoms with van der Waals surface area (Å²) in [6, 6.07) is 17.7. The lowest BCUT2D eigenvalue weighted by molar-refractivity contribution is -0.121. The lowest BCUT2D eigenvalue weighted by Gasteiger charge is -2.31. The Morgan fingerprint density at radius 2 is 1.85 bits per heavy atom. The summed E-state index contributed by atoms with van der Waals surface area (Å²) < 4.78 is 5.06. The molecule has 5 nitrogen and oxygen atoms in total. The van der Waals surface area contributed by atoms with Gasteiger partial charge in [0.25, 0.3) is 0 Å². The molecule has 1 aliphatic rings. The third kappa shape index (κ3) is 4.23. The number of hydrogen-bond donors (Lipinski definition) is 1. The van der Waals surface area contributed by atoms with Crippen LogP contribution in [0.2, 0.25) is 0 Å². The maximum absolute atomic E-state index is 12.8. The topological polar surface area (TPSA) is 58.6 Å². The van der Waals surface area contributed by atoms with Crippen molar-refractivity contribution in [3.63, 3.8) is 0 Å². The summed E-state index contributed by atoms with van der Waals surface area (Å²) >= 11 is 0. The van der Waals surface area contributed by atoms with E-state index in [0.29, 0.717) is 19.7 Å². The molecule has 2 amide bonds. The molecule has 26 heavy (non-hydrogen) atoms. The standard InChI is InChI=1S/C21H24N2O3/c1-2-26-21(25)23-14-8-11-17(15-23)20(24)22-19-13-7-6-12-18(19)16-9-4-3-5-10-16/h3-7,9-10,12-13,17H,2,8,11,14-15H2,1H3,(H,22,24). The van der Waals surface area contributed by atoms with E-state index in [1.54, 1.807) is 11.8 Å². The van der Waals surface area contributed by atoms with Gasteiger partial charge in [-0.15, -0.1) is 0 Å². The highest BCUT2D eigenvalue weighted by Gasteiger charge is 2.29. The predicted molar refractivity (Wildman–Crippen MR) is 102 cm³/mol. The van der Waals surface area contributed by atoms with Crippen LogP contribution in [0.3, 0.4) is 0 Å². The number of amides is 2. The summed E-state index contributed by atoms with van der Waals surface area (Å²) in [5.74, 6) is -0.278. The molecule has 0 aromatic heterocycles. The second kappa shape index (κ2) is 8.52. The first-order valence-electron chi connectivity index (χ1n) is 9.06. The Bertz CT molecular complexity index is 761. The summed E-state index contributed by atoms with van der Waals surface area (Å²) in [6.45, 7) is 3.17. The molecule has 0 radical (unpaired) electrons. The van der Waals surface area contributed by atoms with Crippen molar-refractivity contribution in [2.75, 3.05) is 25.0 Å². The van der Waals surface area contributed by atoms with Crippen molar-refractivity contribution in [1.29, 1.82) is 0 Å². The largest absolute Gasteiger partial charge is 0.450 e. The number of rotatable bonds is 4. The molecule has 0 saturated carbocycles. The SMILES string of the molecule is CCOC(=O)N1CCCC(C(=O)Nc2ccccc2-c2ccccc2)C1. The Hall–Kier alpha value is -2.82. The molecule has 0 spiro atoms. The van der Waals surface area contributed by atoms with Gasteiger partial charge < -0.3 is 15.0 Å². The van der Waals surface area contributed by atoms with Gasteiger partial charge in [0, 0.05) is 24.3 Å². The number of ether oxygens (including phenoxy) is 1. The van der Waals surface area contributed by atoms with Gasteiger partial charge in [-0.05, 0) is 31.4 Å². The predicted octanol–water partition coefficient (Wildman–Crippen LogP) is 4.16. The highest BCUT2D eigenvalue weighted by atomic mass is 16.6. The van der Waals surface area contributed by atoms with Crippen LogP contribution in [0, 0.1) is 5.92 Å². The molecule has 136 valence electrons. The molecule has 2 aromatic carbocycles. The Balaban J connectivity index is 1.71. The fraction of sp³-hybridized carbons (Fsp3) is 0.333. The summed E-state index contributed by atoms with van der Waals surface area (Å²) in [4.78, 5) is 26.3. The van der Waals surface area contributed by atoms with Gasteiger partial charge in [0.05, 0.1) is 12.5 Å². The van der Waals surface area contributed by atoms with Crippen molar-refractivity contribution in [3.05, 3.63) is 54.6 Å². The van der Waals surface area contributed by atoms with Gasteiger partial charge >= 0.3 is 6.09 Å². The Morgan fingerprint density at radius 3 is 2.62 bits per heavy atom. The first kappa shape index (κ1) is 18.0. The van der Waals surface area contributed by atoms with Crippen molar-refractivity contribution >= 4 is 17.7 Å². The molecule has 0 aliphatic carbocycles. The third-order valence-electron chi connectivity index (χ3n) is 4.59. The molecule has 1 heterocycles. The fourth-order valence-corrected chi connectivity index (χ4v) is 3.27. The van der Waals surface area contributed by atoms with E-state index < -0.39 is 0 Å². The average molecular weight is 352 g/mol. The van der Waals surface area contributed by atoms with Crippen LogP contribution in [0.4, 0.5) is 10.5 Å². The van der Waals surface area contributed by atoms with Crippen LogP contribution in [0.25, 0.3) is 11.1 Å². The third-order valence-corrected chi connectivity index (χ3v) is 4.59. The maximum Gasteiger partial charge on any atom is 0.409 e. The minimum atomic E-state index is -0.338. The number of anilines is 1. The molecule has 3 rings (SSSR count). The van der Waals surface area contributed by atoms with Crippen LogP contribution in [-0.4, -0.2) is 36.6 Å². The molecule has 1 N–H and O–H groups in total. The van der Waals surface area contributed by atoms with Crippen LogP contribution in [0.5, 0.6) is 0 Å². The molecular formula is C21H24N2O3. The van der Waals surface area contributed by atoms with Gasteiger partial charge in [-0.1, -0.05) is 48.5 Å². The van der Waals surface area contributed by atoms with Gasteiger partial charge in [-0.25, -0.2) is 4.79 Å². The Morgan fingerprint density at radius 1 is 1.12 bits per heavy atom. The van der Waals surface area contributed by atoms with Crippen molar-refractivity contribution < 1.29 is 14.3 Å². The Labute approximate surface area is 154 Å². The molecule has 2 aromatic rings. The lowest BCUT2D eigenvalue weighted by atomic mass is 9.96. The number of nitrogens with one attached hydrogen (secondary N) is 1. The number of piperidine rings is 1. The smallest absolute Gasteiger partial charge is 0.409 e. The number of likely N-dealkylation sites (tertiary alicyclic amines) is 1. The quantitative estimate of drug-likeness (QED) is 0.899. The molecule has 1 atom stereocenters. The molecule has 1 saturated heterocycles. The zero-order chi connectivity index (χ0) is 18.4. The molecule has 1 unspecified atom stereocenters. The highest BCUT2D eigenvalue weighted by Crippen LogP contribution is 2.28. The van der Waals surface area contributed by atoms with E-state index in [9.17, 15) is 9.59 Å². The van der Waals surface area contributed by atoms with E-state index in [4.69, 9.17) is 4.74 Å². The summed E-state index contributed by atoms with van der Waals surface area (Å²) in [6.07, 6.45) is 1.24. The Kier molecular flexibility index (Phi) is 5.89. The van der Waals surface area contributed by atoms with Crippen LogP contribution in [0.1, 0.15) is 19.8 Å². The van der Waals surface area contributed by atoms with Crippen LogP contribution in [0.15, 0.2) is 54.6 Å². The molecule has 5 heteroatoms. The highest BCUT2D eigenvalue weighted by molar-refractivity contribution is 5.97. The summed E-state index contributed by atoms with van der Waals surface area (Å²) in [5.41, 5.74) is 2.83.